The predicted octanol–water partition coefficient (Wildman–Crippen LogP) is 1.13. The number of anilines is 1. The molecule has 0 spiro atoms. The Kier molecular flexibility index (Phi) is 2.75. The van der Waals surface area contributed by atoms with E-state index in [9.17, 15) is 4.79 Å². The molecular weight excluding hydrogens is 252 g/mol. The van der Waals surface area contributed by atoms with Gasteiger partial charge in [0.2, 0.25) is 11.5 Å². The second-order valence-electron chi connectivity index (χ2n) is 4.20. The molecule has 0 unspecified atom stereocenters. The van der Waals surface area contributed by atoms with Crippen LogP contribution in [0, 0.1) is 0 Å². The van der Waals surface area contributed by atoms with Gasteiger partial charge in [-0.3, -0.25) is 4.79 Å². The van der Waals surface area contributed by atoms with Gasteiger partial charge in [-0.2, -0.15) is 0 Å². The molecule has 3 rings (SSSR count). The third-order valence-corrected chi connectivity index (χ3v) is 4.19. The quantitative estimate of drug-likeness (QED) is 0.866. The highest BCUT2D eigenvalue weighted by atomic mass is 32.1. The lowest BCUT2D eigenvalue weighted by Crippen LogP contribution is -2.23. The minimum atomic E-state index is -0.359. The van der Waals surface area contributed by atoms with Crippen LogP contribution in [0.5, 0.6) is 0 Å². The van der Waals surface area contributed by atoms with Crippen LogP contribution in [0.2, 0.25) is 0 Å². The van der Waals surface area contributed by atoms with Crippen molar-refractivity contribution in [3.8, 4) is 0 Å². The number of fused-ring (bicyclic) bond motifs is 1. The third kappa shape index (κ3) is 1.97. The summed E-state index contributed by atoms with van der Waals surface area (Å²) in [6.45, 7) is 0.489. The van der Waals surface area contributed by atoms with Crippen LogP contribution in [0.4, 0.5) is 5.82 Å². The van der Waals surface area contributed by atoms with Crippen molar-refractivity contribution in [2.24, 2.45) is 0 Å². The fourth-order valence-electron chi connectivity index (χ4n) is 2.08. The summed E-state index contributed by atoms with van der Waals surface area (Å²) < 4.78 is 4.38. The lowest BCUT2D eigenvalue weighted by molar-refractivity contribution is 0.0942. The summed E-state index contributed by atoms with van der Waals surface area (Å²) in [5.41, 5.74) is 6.91. The van der Waals surface area contributed by atoms with Gasteiger partial charge < -0.3 is 11.1 Å². The van der Waals surface area contributed by atoms with Crippen molar-refractivity contribution in [2.75, 3.05) is 5.73 Å². The minimum Gasteiger partial charge on any atom is -0.379 e. The number of thiophene rings is 1. The molecule has 2 heterocycles. The molecule has 0 aromatic carbocycles. The van der Waals surface area contributed by atoms with E-state index in [1.807, 2.05) is 0 Å². The molecule has 0 bridgehead atoms. The number of aromatic nitrogens is 2. The van der Waals surface area contributed by atoms with Crippen LogP contribution < -0.4 is 11.1 Å². The number of nitrogens with two attached hydrogens (primary N) is 1. The molecule has 2 aromatic heterocycles. The van der Waals surface area contributed by atoms with Gasteiger partial charge in [0.15, 0.2) is 0 Å². The normalized spacial score (nSPS) is 13.6. The number of aryl methyl sites for hydroxylation is 2. The van der Waals surface area contributed by atoms with E-state index < -0.39 is 0 Å². The van der Waals surface area contributed by atoms with E-state index in [4.69, 9.17) is 5.73 Å². The highest BCUT2D eigenvalue weighted by Gasteiger charge is 2.18. The van der Waals surface area contributed by atoms with Crippen molar-refractivity contribution in [2.45, 2.75) is 25.8 Å². The number of nitrogen functional groups attached to an aromatic ring is 1. The number of carbonyl (C=O) groups is 1. The van der Waals surface area contributed by atoms with Crippen molar-refractivity contribution < 1.29 is 9.42 Å². The summed E-state index contributed by atoms with van der Waals surface area (Å²) in [7, 11) is 0. The van der Waals surface area contributed by atoms with Gasteiger partial charge in [0.25, 0.3) is 5.91 Å². The Hall–Kier alpha value is -1.89. The molecule has 3 N–H and O–H groups in total. The molecule has 0 fully saturated rings. The van der Waals surface area contributed by atoms with E-state index in [1.165, 1.54) is 16.9 Å². The Morgan fingerprint density at radius 2 is 2.39 bits per heavy atom. The molecule has 0 saturated heterocycles. The van der Waals surface area contributed by atoms with E-state index >= 15 is 0 Å². The number of amides is 1. The van der Waals surface area contributed by atoms with Crippen LogP contribution in [-0.4, -0.2) is 16.2 Å². The lowest BCUT2D eigenvalue weighted by Gasteiger charge is -2.00. The first kappa shape index (κ1) is 11.2. The fourth-order valence-corrected chi connectivity index (χ4v) is 3.28. The van der Waals surface area contributed by atoms with Crippen molar-refractivity contribution in [1.82, 2.24) is 15.6 Å². The van der Waals surface area contributed by atoms with Gasteiger partial charge in [-0.25, -0.2) is 4.63 Å². The largest absolute Gasteiger partial charge is 0.379 e. The van der Waals surface area contributed by atoms with Crippen LogP contribution in [0.25, 0.3) is 0 Å². The third-order valence-electron chi connectivity index (χ3n) is 2.95. The summed E-state index contributed by atoms with van der Waals surface area (Å²) in [5, 5.41) is 9.58. The van der Waals surface area contributed by atoms with Gasteiger partial charge in [0.05, 0.1) is 6.54 Å². The highest BCUT2D eigenvalue weighted by Crippen LogP contribution is 2.30. The van der Waals surface area contributed by atoms with Crippen molar-refractivity contribution in [3.63, 3.8) is 0 Å². The molecule has 7 heteroatoms. The number of rotatable bonds is 3. The van der Waals surface area contributed by atoms with Crippen LogP contribution in [0.3, 0.4) is 0 Å². The number of carbonyl (C=O) groups excluding carboxylic acids is 1. The van der Waals surface area contributed by atoms with E-state index in [0.29, 0.717) is 6.54 Å². The number of nitrogens with one attached hydrogen (secondary N) is 1. The molecular formula is C11H12N4O2S. The van der Waals surface area contributed by atoms with Gasteiger partial charge in [-0.05, 0) is 41.2 Å². The molecule has 6 nitrogen and oxygen atoms in total. The van der Waals surface area contributed by atoms with E-state index in [0.717, 1.165) is 17.7 Å². The van der Waals surface area contributed by atoms with Crippen molar-refractivity contribution >= 4 is 23.1 Å². The van der Waals surface area contributed by atoms with Gasteiger partial charge in [0.1, 0.15) is 0 Å². The fraction of sp³-hybridized carbons (Fsp3) is 0.364. The molecule has 1 aliphatic rings. The maximum atomic E-state index is 11.7. The molecule has 0 saturated carbocycles. The molecule has 0 radical (unpaired) electrons. The number of hydrogen-bond donors (Lipinski definition) is 2. The molecule has 2 aromatic rings. The Morgan fingerprint density at radius 3 is 3.11 bits per heavy atom. The summed E-state index contributed by atoms with van der Waals surface area (Å²) >= 11 is 1.76. The predicted molar refractivity (Wildman–Crippen MR) is 66.2 cm³/mol. The first-order chi connectivity index (χ1) is 8.74. The Labute approximate surface area is 107 Å². The van der Waals surface area contributed by atoms with E-state index in [2.05, 4.69) is 26.3 Å². The van der Waals surface area contributed by atoms with Crippen LogP contribution >= 0.6 is 11.3 Å². The Morgan fingerprint density at radius 1 is 1.50 bits per heavy atom. The summed E-state index contributed by atoms with van der Waals surface area (Å²) in [6.07, 6.45) is 3.56. The number of hydrogen-bond acceptors (Lipinski definition) is 6. The smallest absolute Gasteiger partial charge is 0.277 e. The second kappa shape index (κ2) is 4.41. The first-order valence-corrected chi connectivity index (χ1v) is 6.52. The minimum absolute atomic E-state index is 0.0150. The monoisotopic (exact) mass is 264 g/mol. The summed E-state index contributed by atoms with van der Waals surface area (Å²) in [5.74, 6) is -0.344. The zero-order chi connectivity index (χ0) is 12.5. The van der Waals surface area contributed by atoms with Gasteiger partial charge in [-0.15, -0.1) is 11.3 Å². The average molecular weight is 264 g/mol. The maximum Gasteiger partial charge on any atom is 0.277 e. The van der Waals surface area contributed by atoms with Gasteiger partial charge in [0, 0.05) is 9.75 Å². The van der Waals surface area contributed by atoms with Gasteiger partial charge >= 0.3 is 0 Å². The average Bonchev–Trinajstić information content (AvgIpc) is 3.00. The lowest BCUT2D eigenvalue weighted by atomic mass is 10.2. The van der Waals surface area contributed by atoms with E-state index in [1.54, 1.807) is 11.3 Å². The maximum absolute atomic E-state index is 11.7. The zero-order valence-corrected chi connectivity index (χ0v) is 10.4. The van der Waals surface area contributed by atoms with Crippen LogP contribution in [-0.2, 0) is 19.4 Å². The summed E-state index contributed by atoms with van der Waals surface area (Å²) in [4.78, 5) is 14.3. The molecule has 1 amide bonds. The highest BCUT2D eigenvalue weighted by molar-refractivity contribution is 7.12. The first-order valence-electron chi connectivity index (χ1n) is 5.70. The van der Waals surface area contributed by atoms with Crippen LogP contribution in [0.1, 0.15) is 32.2 Å². The van der Waals surface area contributed by atoms with Crippen LogP contribution in [0.15, 0.2) is 10.7 Å². The Balaban J connectivity index is 1.64. The molecule has 0 aliphatic heterocycles. The number of nitrogens with zero attached hydrogens (tertiary/aromatic N) is 2. The van der Waals surface area contributed by atoms with E-state index in [-0.39, 0.29) is 17.4 Å². The molecule has 18 heavy (non-hydrogen) atoms. The van der Waals surface area contributed by atoms with Gasteiger partial charge in [-0.1, -0.05) is 0 Å². The molecule has 1 aliphatic carbocycles. The summed E-state index contributed by atoms with van der Waals surface area (Å²) in [6, 6.07) is 2.16. The standard InChI is InChI=1S/C11H12N4O2S/c12-10-9(14-17-15-10)11(16)13-5-7-4-6-2-1-3-8(6)18-7/h4H,1-3,5H2,(H2,12,15)(H,13,16). The van der Waals surface area contributed by atoms with Crippen molar-refractivity contribution in [1.29, 1.82) is 0 Å². The second-order valence-corrected chi connectivity index (χ2v) is 5.42. The Bertz CT molecular complexity index is 568. The zero-order valence-electron chi connectivity index (χ0n) is 9.60. The molecule has 94 valence electrons. The topological polar surface area (TPSA) is 94.0 Å². The SMILES string of the molecule is Nc1nonc1C(=O)NCc1cc2c(s1)CCC2. The van der Waals surface area contributed by atoms with Crippen molar-refractivity contribution in [3.05, 3.63) is 27.1 Å². The molecule has 0 atom stereocenters.